The Labute approximate surface area is 129 Å². The summed E-state index contributed by atoms with van der Waals surface area (Å²) in [6.45, 7) is 0. The minimum atomic E-state index is -1.24. The number of aromatic carboxylic acids is 1. The van der Waals surface area contributed by atoms with E-state index in [-0.39, 0.29) is 26.7 Å². The van der Waals surface area contributed by atoms with Crippen LogP contribution < -0.4 is 4.74 Å². The van der Waals surface area contributed by atoms with Gasteiger partial charge in [-0.25, -0.2) is 4.79 Å². The Bertz CT molecular complexity index is 705. The molecule has 20 heavy (non-hydrogen) atoms. The second-order valence-corrected chi connectivity index (χ2v) is 5.61. The summed E-state index contributed by atoms with van der Waals surface area (Å²) >= 11 is 9.43. The monoisotopic (exact) mass is 378 g/mol. The lowest BCUT2D eigenvalue weighted by molar-refractivity contribution is -0.385. The third-order valence-corrected chi connectivity index (χ3v) is 3.88. The van der Waals surface area contributed by atoms with Crippen LogP contribution in [0.2, 0.25) is 5.15 Å². The summed E-state index contributed by atoms with van der Waals surface area (Å²) < 4.78 is 5.75. The van der Waals surface area contributed by atoms with Gasteiger partial charge in [-0.1, -0.05) is 38.9 Å². The second-order valence-electron chi connectivity index (χ2n) is 3.38. The van der Waals surface area contributed by atoms with Crippen LogP contribution in [0.25, 0.3) is 0 Å². The van der Waals surface area contributed by atoms with Gasteiger partial charge in [0.25, 0.3) is 5.19 Å². The van der Waals surface area contributed by atoms with Crippen LogP contribution in [0, 0.1) is 10.1 Å². The van der Waals surface area contributed by atoms with Crippen LogP contribution in [0.3, 0.4) is 0 Å². The van der Waals surface area contributed by atoms with E-state index in [9.17, 15) is 14.9 Å². The maximum absolute atomic E-state index is 10.9. The first-order valence-electron chi connectivity index (χ1n) is 4.90. The number of carboxylic acid groups (broad SMARTS) is 1. The van der Waals surface area contributed by atoms with Crippen molar-refractivity contribution in [3.63, 3.8) is 0 Å². The Kier molecular flexibility index (Phi) is 4.21. The molecule has 0 bridgehead atoms. The maximum Gasteiger partial charge on any atom is 0.349 e. The fraction of sp³-hybridized carbons (Fsp3) is 0. The van der Waals surface area contributed by atoms with Crippen LogP contribution in [0.5, 0.6) is 10.9 Å². The molecule has 0 atom stereocenters. The number of ether oxygens (including phenoxy) is 1. The standard InChI is InChI=1S/C10H4BrClN2O5S/c11-4-1-2-6(5(3-4)14(17)18)19-10-13-8(12)7(20-10)9(15)16/h1-3H,(H,15,16). The average molecular weight is 380 g/mol. The molecule has 2 rings (SSSR count). The third-order valence-electron chi connectivity index (χ3n) is 2.08. The highest BCUT2D eigenvalue weighted by atomic mass is 79.9. The van der Waals surface area contributed by atoms with Crippen molar-refractivity contribution < 1.29 is 19.6 Å². The van der Waals surface area contributed by atoms with Gasteiger partial charge in [-0.2, -0.15) is 4.98 Å². The lowest BCUT2D eigenvalue weighted by Gasteiger charge is -2.02. The van der Waals surface area contributed by atoms with Crippen LogP contribution in [0.1, 0.15) is 9.67 Å². The number of halogens is 2. The molecule has 0 saturated heterocycles. The number of hydrogen-bond donors (Lipinski definition) is 1. The van der Waals surface area contributed by atoms with E-state index in [4.69, 9.17) is 21.4 Å². The number of carbonyl (C=O) groups is 1. The molecule has 0 saturated carbocycles. The summed E-state index contributed by atoms with van der Waals surface area (Å²) in [6.07, 6.45) is 0. The van der Waals surface area contributed by atoms with Gasteiger partial charge >= 0.3 is 11.7 Å². The zero-order chi connectivity index (χ0) is 14.9. The summed E-state index contributed by atoms with van der Waals surface area (Å²) in [5.74, 6) is -1.30. The van der Waals surface area contributed by atoms with Crippen LogP contribution in [0.15, 0.2) is 22.7 Å². The molecule has 0 unspecified atom stereocenters. The zero-order valence-electron chi connectivity index (χ0n) is 9.37. The molecule has 7 nitrogen and oxygen atoms in total. The summed E-state index contributed by atoms with van der Waals surface area (Å²) in [5, 5.41) is 19.4. The lowest BCUT2D eigenvalue weighted by atomic mass is 10.3. The molecule has 0 aliphatic heterocycles. The van der Waals surface area contributed by atoms with Crippen molar-refractivity contribution in [2.24, 2.45) is 0 Å². The number of nitrogens with zero attached hydrogens (tertiary/aromatic N) is 2. The molecule has 104 valence electrons. The minimum Gasteiger partial charge on any atom is -0.477 e. The Morgan fingerprint density at radius 1 is 1.55 bits per heavy atom. The van der Waals surface area contributed by atoms with E-state index in [2.05, 4.69) is 20.9 Å². The molecule has 0 aliphatic carbocycles. The highest BCUT2D eigenvalue weighted by molar-refractivity contribution is 9.10. The lowest BCUT2D eigenvalue weighted by Crippen LogP contribution is -1.93. The Balaban J connectivity index is 2.37. The third kappa shape index (κ3) is 3.06. The highest BCUT2D eigenvalue weighted by Crippen LogP contribution is 2.37. The molecule has 0 spiro atoms. The van der Waals surface area contributed by atoms with E-state index in [1.54, 1.807) is 6.07 Å². The van der Waals surface area contributed by atoms with Gasteiger partial charge in [-0.15, -0.1) is 0 Å². The summed E-state index contributed by atoms with van der Waals surface area (Å²) in [5.41, 5.74) is -0.275. The Hall–Kier alpha value is -1.71. The Morgan fingerprint density at radius 3 is 2.80 bits per heavy atom. The number of aromatic nitrogens is 1. The highest BCUT2D eigenvalue weighted by Gasteiger charge is 2.21. The smallest absolute Gasteiger partial charge is 0.349 e. The van der Waals surface area contributed by atoms with Gasteiger partial charge in [-0.05, 0) is 12.1 Å². The molecule has 1 N–H and O–H groups in total. The van der Waals surface area contributed by atoms with Crippen LogP contribution >= 0.6 is 38.9 Å². The first-order valence-corrected chi connectivity index (χ1v) is 6.88. The number of nitro groups is 1. The van der Waals surface area contributed by atoms with E-state index in [0.717, 1.165) is 0 Å². The number of nitro benzene ring substituents is 1. The summed E-state index contributed by atoms with van der Waals surface area (Å²) in [7, 11) is 0. The molecule has 0 amide bonds. The number of rotatable bonds is 4. The van der Waals surface area contributed by atoms with Gasteiger partial charge < -0.3 is 9.84 Å². The van der Waals surface area contributed by atoms with E-state index >= 15 is 0 Å². The quantitative estimate of drug-likeness (QED) is 0.637. The average Bonchev–Trinajstić information content (AvgIpc) is 2.72. The fourth-order valence-corrected chi connectivity index (χ4v) is 2.60. The van der Waals surface area contributed by atoms with Crippen molar-refractivity contribution >= 4 is 50.5 Å². The molecular formula is C10H4BrClN2O5S. The molecular weight excluding hydrogens is 376 g/mol. The molecule has 0 radical (unpaired) electrons. The molecule has 1 aromatic heterocycles. The summed E-state index contributed by atoms with van der Waals surface area (Å²) in [6, 6.07) is 4.19. The van der Waals surface area contributed by atoms with Crippen molar-refractivity contribution in [1.82, 2.24) is 4.98 Å². The van der Waals surface area contributed by atoms with Crippen molar-refractivity contribution in [1.29, 1.82) is 0 Å². The topological polar surface area (TPSA) is 103 Å². The summed E-state index contributed by atoms with van der Waals surface area (Å²) in [4.78, 5) is 24.6. The zero-order valence-corrected chi connectivity index (χ0v) is 12.5. The van der Waals surface area contributed by atoms with Gasteiger partial charge in [0.1, 0.15) is 0 Å². The van der Waals surface area contributed by atoms with Gasteiger partial charge in [0, 0.05) is 10.5 Å². The number of thiazole rings is 1. The van der Waals surface area contributed by atoms with Gasteiger partial charge in [0.05, 0.1) is 4.92 Å². The molecule has 0 fully saturated rings. The second kappa shape index (κ2) is 5.73. The van der Waals surface area contributed by atoms with Crippen LogP contribution in [-0.2, 0) is 0 Å². The van der Waals surface area contributed by atoms with Crippen LogP contribution in [0.4, 0.5) is 5.69 Å². The predicted molar refractivity (Wildman–Crippen MR) is 75.0 cm³/mol. The van der Waals surface area contributed by atoms with Crippen molar-refractivity contribution in [3.05, 3.63) is 42.8 Å². The SMILES string of the molecule is O=C(O)c1sc(Oc2ccc(Br)cc2[N+](=O)[O-])nc1Cl. The van der Waals surface area contributed by atoms with E-state index in [1.165, 1.54) is 12.1 Å². The first kappa shape index (κ1) is 14.7. The number of carboxylic acids is 1. The van der Waals surface area contributed by atoms with E-state index in [0.29, 0.717) is 15.8 Å². The minimum absolute atomic E-state index is 0.0550. The van der Waals surface area contributed by atoms with Crippen molar-refractivity contribution in [2.75, 3.05) is 0 Å². The molecule has 10 heteroatoms. The van der Waals surface area contributed by atoms with Crippen molar-refractivity contribution in [3.8, 4) is 10.9 Å². The number of benzene rings is 1. The first-order chi connectivity index (χ1) is 9.38. The fourth-order valence-electron chi connectivity index (χ4n) is 1.27. The Morgan fingerprint density at radius 2 is 2.25 bits per heavy atom. The maximum atomic E-state index is 10.9. The molecule has 1 aromatic carbocycles. The van der Waals surface area contributed by atoms with Crippen molar-refractivity contribution in [2.45, 2.75) is 0 Å². The normalized spacial score (nSPS) is 10.3. The largest absolute Gasteiger partial charge is 0.477 e. The predicted octanol–water partition coefficient (Wildman–Crippen LogP) is 3.96. The van der Waals surface area contributed by atoms with E-state index in [1.807, 2.05) is 0 Å². The molecule has 2 aromatic rings. The van der Waals surface area contributed by atoms with Gasteiger partial charge in [-0.3, -0.25) is 10.1 Å². The number of hydrogen-bond acceptors (Lipinski definition) is 6. The molecule has 0 aliphatic rings. The van der Waals surface area contributed by atoms with Gasteiger partial charge in [0.15, 0.2) is 10.0 Å². The van der Waals surface area contributed by atoms with Gasteiger partial charge in [0.2, 0.25) is 5.75 Å². The molecule has 1 heterocycles. The van der Waals surface area contributed by atoms with E-state index < -0.39 is 10.9 Å². The van der Waals surface area contributed by atoms with Crippen LogP contribution in [-0.4, -0.2) is 21.0 Å².